The third-order valence-electron chi connectivity index (χ3n) is 6.39. The van der Waals surface area contributed by atoms with E-state index >= 15 is 0 Å². The maximum absolute atomic E-state index is 11.3. The molecule has 1 saturated heterocycles. The Balaban J connectivity index is 1.42. The molecule has 0 aliphatic carbocycles. The van der Waals surface area contributed by atoms with Gasteiger partial charge in [0.2, 0.25) is 0 Å². The van der Waals surface area contributed by atoms with Gasteiger partial charge in [-0.2, -0.15) is 0 Å². The Morgan fingerprint density at radius 3 is 2.31 bits per heavy atom. The van der Waals surface area contributed by atoms with Crippen molar-refractivity contribution in [2.24, 2.45) is 0 Å². The number of nitrogens with zero attached hydrogens (tertiary/aromatic N) is 2. The quantitative estimate of drug-likeness (QED) is 0.417. The number of hydrogen-bond acceptors (Lipinski definition) is 3. The number of aliphatic hydroxyl groups excluding tert-OH is 1. The molecule has 1 aliphatic rings. The third kappa shape index (κ3) is 4.57. The van der Waals surface area contributed by atoms with Crippen LogP contribution in [0.25, 0.3) is 10.9 Å². The first-order chi connectivity index (χ1) is 15.8. The molecule has 0 bridgehead atoms. The van der Waals surface area contributed by atoms with Gasteiger partial charge in [0.25, 0.3) is 0 Å². The van der Waals surface area contributed by atoms with Gasteiger partial charge in [-0.3, -0.25) is 0 Å². The van der Waals surface area contributed by atoms with Crippen molar-refractivity contribution in [2.75, 3.05) is 19.6 Å². The first kappa shape index (κ1) is 20.8. The van der Waals surface area contributed by atoms with E-state index in [9.17, 15) is 5.11 Å². The highest BCUT2D eigenvalue weighted by atomic mass is 16.5. The molecule has 32 heavy (non-hydrogen) atoms. The number of ether oxygens (including phenoxy) is 1. The lowest BCUT2D eigenvalue weighted by molar-refractivity contribution is 0.0915. The fourth-order valence-corrected chi connectivity index (χ4v) is 4.76. The van der Waals surface area contributed by atoms with Crippen LogP contribution in [0.15, 0.2) is 91.1 Å². The van der Waals surface area contributed by atoms with Gasteiger partial charge in [-0.25, -0.2) is 0 Å². The maximum Gasteiger partial charge on any atom is 0.120 e. The van der Waals surface area contributed by atoms with Crippen molar-refractivity contribution < 1.29 is 9.84 Å². The summed E-state index contributed by atoms with van der Waals surface area (Å²) >= 11 is 0. The van der Waals surface area contributed by atoms with Crippen LogP contribution in [-0.2, 0) is 6.61 Å². The van der Waals surface area contributed by atoms with E-state index in [1.165, 1.54) is 12.8 Å². The second kappa shape index (κ2) is 9.60. The number of aromatic nitrogens is 1. The molecule has 4 nitrogen and oxygen atoms in total. The van der Waals surface area contributed by atoms with Gasteiger partial charge in [0.15, 0.2) is 0 Å². The predicted octanol–water partition coefficient (Wildman–Crippen LogP) is 5.27. The van der Waals surface area contributed by atoms with Gasteiger partial charge < -0.3 is 19.3 Å². The molecule has 4 heteroatoms. The van der Waals surface area contributed by atoms with Crippen LogP contribution in [0.2, 0.25) is 0 Å². The van der Waals surface area contributed by atoms with Crippen LogP contribution in [0.3, 0.4) is 0 Å². The van der Waals surface area contributed by atoms with Crippen LogP contribution >= 0.6 is 0 Å². The smallest absolute Gasteiger partial charge is 0.120 e. The average Bonchev–Trinajstić information content (AvgIpc) is 3.49. The van der Waals surface area contributed by atoms with E-state index in [1.54, 1.807) is 0 Å². The summed E-state index contributed by atoms with van der Waals surface area (Å²) < 4.78 is 8.24. The first-order valence-corrected chi connectivity index (χ1v) is 11.5. The monoisotopic (exact) mass is 426 g/mol. The van der Waals surface area contributed by atoms with Crippen molar-refractivity contribution in [3.63, 3.8) is 0 Å². The molecule has 2 atom stereocenters. The largest absolute Gasteiger partial charge is 0.489 e. The molecule has 0 radical (unpaired) electrons. The van der Waals surface area contributed by atoms with Gasteiger partial charge in [0.1, 0.15) is 12.4 Å². The van der Waals surface area contributed by atoms with E-state index < -0.39 is 6.10 Å². The van der Waals surface area contributed by atoms with Gasteiger partial charge in [0.05, 0.1) is 12.1 Å². The molecule has 0 amide bonds. The summed E-state index contributed by atoms with van der Waals surface area (Å²) in [5, 5.41) is 12.4. The summed E-state index contributed by atoms with van der Waals surface area (Å²) in [4.78, 5) is 2.38. The zero-order valence-electron chi connectivity index (χ0n) is 18.3. The molecule has 164 valence electrons. The summed E-state index contributed by atoms with van der Waals surface area (Å²) in [5.74, 6) is 0.855. The molecular formula is C28H30N2O2. The van der Waals surface area contributed by atoms with Crippen molar-refractivity contribution in [3.05, 3.63) is 102 Å². The summed E-state index contributed by atoms with van der Waals surface area (Å²) in [5.41, 5.74) is 3.38. The van der Waals surface area contributed by atoms with Gasteiger partial charge in [0, 0.05) is 23.6 Å². The first-order valence-electron chi connectivity index (χ1n) is 11.5. The van der Waals surface area contributed by atoms with Crippen LogP contribution in [0, 0.1) is 0 Å². The standard InChI is InChI=1S/C28H30N2O2/c31-27(20-29-16-7-8-17-29)28(23-11-5-2-6-12-23)30-18-15-24-19-25(13-14-26(24)30)32-21-22-9-3-1-4-10-22/h1-6,9-15,18-19,27-28,31H,7-8,16-17,20-21H2/t27-,28+/m1/s1. The Morgan fingerprint density at radius 1 is 0.844 bits per heavy atom. The van der Waals surface area contributed by atoms with Crippen LogP contribution in [0.5, 0.6) is 5.75 Å². The normalized spacial score (nSPS) is 16.3. The molecule has 3 aromatic carbocycles. The second-order valence-electron chi connectivity index (χ2n) is 8.65. The van der Waals surface area contributed by atoms with Crippen LogP contribution in [0.1, 0.15) is 30.0 Å². The van der Waals surface area contributed by atoms with Crippen LogP contribution < -0.4 is 4.74 Å². The topological polar surface area (TPSA) is 37.6 Å². The molecule has 0 saturated carbocycles. The van der Waals surface area contributed by atoms with Crippen molar-refractivity contribution >= 4 is 10.9 Å². The lowest BCUT2D eigenvalue weighted by atomic mass is 10.0. The Hall–Kier alpha value is -3.08. The molecule has 0 spiro atoms. The van der Waals surface area contributed by atoms with Gasteiger partial charge >= 0.3 is 0 Å². The van der Waals surface area contributed by atoms with Gasteiger partial charge in [-0.15, -0.1) is 0 Å². The summed E-state index contributed by atoms with van der Waals surface area (Å²) in [6.07, 6.45) is 4.05. The third-order valence-corrected chi connectivity index (χ3v) is 6.39. The fourth-order valence-electron chi connectivity index (χ4n) is 4.76. The summed E-state index contributed by atoms with van der Waals surface area (Å²) in [7, 11) is 0. The minimum atomic E-state index is -0.486. The number of aliphatic hydroxyl groups is 1. The van der Waals surface area contributed by atoms with E-state index in [-0.39, 0.29) is 6.04 Å². The number of fused-ring (bicyclic) bond motifs is 1. The zero-order chi connectivity index (χ0) is 21.8. The van der Waals surface area contributed by atoms with Crippen molar-refractivity contribution in [2.45, 2.75) is 31.6 Å². The number of β-amino-alcohol motifs (C(OH)–C–C–N with tert-alkyl or cyclic N) is 1. The molecule has 5 rings (SSSR count). The molecular weight excluding hydrogens is 396 g/mol. The Kier molecular flexibility index (Phi) is 6.24. The zero-order valence-corrected chi connectivity index (χ0v) is 18.3. The summed E-state index contributed by atoms with van der Waals surface area (Å²) in [6.45, 7) is 3.39. The lowest BCUT2D eigenvalue weighted by Gasteiger charge is -2.29. The highest BCUT2D eigenvalue weighted by molar-refractivity contribution is 5.82. The van der Waals surface area contributed by atoms with Gasteiger partial charge in [-0.05, 0) is 61.3 Å². The molecule has 4 aromatic rings. The molecule has 1 N–H and O–H groups in total. The van der Waals surface area contributed by atoms with Crippen LogP contribution in [0.4, 0.5) is 0 Å². The molecule has 2 heterocycles. The minimum Gasteiger partial charge on any atom is -0.489 e. The highest BCUT2D eigenvalue weighted by Crippen LogP contribution is 2.31. The lowest BCUT2D eigenvalue weighted by Crippen LogP contribution is -2.36. The van der Waals surface area contributed by atoms with E-state index in [2.05, 4.69) is 58.1 Å². The molecule has 1 aliphatic heterocycles. The van der Waals surface area contributed by atoms with E-state index in [0.717, 1.165) is 40.9 Å². The second-order valence-corrected chi connectivity index (χ2v) is 8.65. The Bertz CT molecular complexity index is 1130. The Labute approximate surface area is 189 Å². The number of likely N-dealkylation sites (tertiary alicyclic amines) is 1. The van der Waals surface area contributed by atoms with E-state index in [1.807, 2.05) is 42.5 Å². The SMILES string of the molecule is O[C@H](CN1CCCC1)[C@H](c1ccccc1)n1ccc2cc(OCc3ccccc3)ccc21. The summed E-state index contributed by atoms with van der Waals surface area (Å²) in [6, 6.07) is 28.8. The van der Waals surface area contributed by atoms with Gasteiger partial charge in [-0.1, -0.05) is 60.7 Å². The van der Waals surface area contributed by atoms with E-state index in [4.69, 9.17) is 4.74 Å². The number of hydrogen-bond donors (Lipinski definition) is 1. The van der Waals surface area contributed by atoms with Crippen molar-refractivity contribution in [3.8, 4) is 5.75 Å². The average molecular weight is 427 g/mol. The predicted molar refractivity (Wildman–Crippen MR) is 129 cm³/mol. The van der Waals surface area contributed by atoms with Crippen molar-refractivity contribution in [1.82, 2.24) is 9.47 Å². The van der Waals surface area contributed by atoms with E-state index in [0.29, 0.717) is 13.2 Å². The highest BCUT2D eigenvalue weighted by Gasteiger charge is 2.27. The molecule has 0 unspecified atom stereocenters. The van der Waals surface area contributed by atoms with Crippen LogP contribution in [-0.4, -0.2) is 40.3 Å². The minimum absolute atomic E-state index is 0.134. The molecule has 1 fully saturated rings. The number of rotatable bonds is 8. The van der Waals surface area contributed by atoms with Crippen molar-refractivity contribution in [1.29, 1.82) is 0 Å². The molecule has 1 aromatic heterocycles. The maximum atomic E-state index is 11.3. The fraction of sp³-hybridized carbons (Fsp3) is 0.286. The number of benzene rings is 3. The Morgan fingerprint density at radius 2 is 1.56 bits per heavy atom.